The number of carbonyl (C=O) groups excluding carboxylic acids is 1. The molecule has 0 spiro atoms. The fourth-order valence-corrected chi connectivity index (χ4v) is 1.47. The number of nitrogens with two attached hydrogens (primary N) is 1. The number of nitrogens with one attached hydrogen (secondary N) is 2. The Balaban J connectivity index is 2.88. The van der Waals surface area contributed by atoms with Gasteiger partial charge in [-0.2, -0.15) is 13.2 Å². The predicted molar refractivity (Wildman–Crippen MR) is 66.6 cm³/mol. The van der Waals surface area contributed by atoms with Gasteiger partial charge in [0.25, 0.3) is 0 Å². The summed E-state index contributed by atoms with van der Waals surface area (Å²) in [6.45, 7) is 2.29. The summed E-state index contributed by atoms with van der Waals surface area (Å²) in [5.41, 5.74) is 5.13. The Hall–Kier alpha value is -1.76. The van der Waals surface area contributed by atoms with E-state index in [9.17, 15) is 18.0 Å². The molecule has 0 aliphatic rings. The zero-order valence-corrected chi connectivity index (χ0v) is 10.5. The first-order chi connectivity index (χ1) is 8.88. The number of hydrogen-bond acceptors (Lipinski definition) is 2. The fourth-order valence-electron chi connectivity index (χ4n) is 1.47. The zero-order valence-electron chi connectivity index (χ0n) is 10.5. The van der Waals surface area contributed by atoms with E-state index >= 15 is 0 Å². The van der Waals surface area contributed by atoms with Gasteiger partial charge in [-0.15, -0.1) is 0 Å². The van der Waals surface area contributed by atoms with Crippen molar-refractivity contribution in [2.75, 3.05) is 11.9 Å². The molecule has 19 heavy (non-hydrogen) atoms. The average molecular weight is 275 g/mol. The highest BCUT2D eigenvalue weighted by molar-refractivity contribution is 5.90. The van der Waals surface area contributed by atoms with E-state index in [1.807, 2.05) is 6.92 Å². The number of amides is 2. The number of alkyl halides is 3. The van der Waals surface area contributed by atoms with E-state index in [1.165, 1.54) is 6.07 Å². The number of urea groups is 1. The molecule has 7 heteroatoms. The standard InChI is InChI=1S/C12H16F3N3O/c1-2-5-17-11(19)18-10-4-3-9(12(13,14)15)6-8(10)7-16/h3-4,6H,2,5,7,16H2,1H3,(H2,17,18,19). The molecular weight excluding hydrogens is 259 g/mol. The van der Waals surface area contributed by atoms with Gasteiger partial charge < -0.3 is 16.4 Å². The van der Waals surface area contributed by atoms with Crippen LogP contribution in [0.4, 0.5) is 23.7 Å². The topological polar surface area (TPSA) is 67.2 Å². The molecule has 4 N–H and O–H groups in total. The summed E-state index contributed by atoms with van der Waals surface area (Å²) < 4.78 is 37.6. The molecule has 0 aliphatic carbocycles. The summed E-state index contributed by atoms with van der Waals surface area (Å²) in [7, 11) is 0. The normalized spacial score (nSPS) is 11.2. The molecule has 0 unspecified atom stereocenters. The number of carbonyl (C=O) groups is 1. The average Bonchev–Trinajstić information content (AvgIpc) is 2.35. The molecule has 0 aromatic heterocycles. The summed E-state index contributed by atoms with van der Waals surface area (Å²) in [6, 6.07) is 2.59. The van der Waals surface area contributed by atoms with Crippen LogP contribution < -0.4 is 16.4 Å². The monoisotopic (exact) mass is 275 g/mol. The molecular formula is C12H16F3N3O. The lowest BCUT2D eigenvalue weighted by Crippen LogP contribution is -2.29. The molecule has 0 radical (unpaired) electrons. The number of halogens is 3. The van der Waals surface area contributed by atoms with Crippen LogP contribution >= 0.6 is 0 Å². The van der Waals surface area contributed by atoms with Gasteiger partial charge in [0, 0.05) is 18.8 Å². The number of benzene rings is 1. The first-order valence-corrected chi connectivity index (χ1v) is 5.83. The molecule has 1 rings (SSSR count). The molecule has 0 heterocycles. The predicted octanol–water partition coefficient (Wildman–Crippen LogP) is 2.70. The van der Waals surface area contributed by atoms with Crippen LogP contribution in [0.1, 0.15) is 24.5 Å². The van der Waals surface area contributed by atoms with Crippen molar-refractivity contribution in [3.05, 3.63) is 29.3 Å². The molecule has 0 saturated heterocycles. The summed E-state index contributed by atoms with van der Waals surface area (Å²) >= 11 is 0. The first-order valence-electron chi connectivity index (χ1n) is 5.83. The van der Waals surface area contributed by atoms with E-state index in [4.69, 9.17) is 5.73 Å². The minimum Gasteiger partial charge on any atom is -0.338 e. The molecule has 1 aromatic rings. The second-order valence-electron chi connectivity index (χ2n) is 3.95. The third-order valence-electron chi connectivity index (χ3n) is 2.44. The van der Waals surface area contributed by atoms with Gasteiger partial charge in [-0.25, -0.2) is 4.79 Å². The van der Waals surface area contributed by atoms with Crippen molar-refractivity contribution in [2.24, 2.45) is 5.73 Å². The van der Waals surface area contributed by atoms with Crippen molar-refractivity contribution >= 4 is 11.7 Å². The highest BCUT2D eigenvalue weighted by atomic mass is 19.4. The molecule has 0 atom stereocenters. The fraction of sp³-hybridized carbons (Fsp3) is 0.417. The van der Waals surface area contributed by atoms with Gasteiger partial charge in [0.1, 0.15) is 0 Å². The van der Waals surface area contributed by atoms with Gasteiger partial charge in [0.15, 0.2) is 0 Å². The summed E-state index contributed by atoms with van der Waals surface area (Å²) in [6.07, 6.45) is -3.66. The van der Waals surface area contributed by atoms with Crippen LogP contribution in [0.3, 0.4) is 0 Å². The summed E-state index contributed by atoms with van der Waals surface area (Å²) in [5, 5.41) is 5.04. The summed E-state index contributed by atoms with van der Waals surface area (Å²) in [5.74, 6) is 0. The number of rotatable bonds is 4. The van der Waals surface area contributed by atoms with E-state index in [-0.39, 0.29) is 17.8 Å². The Kier molecular flexibility index (Phi) is 5.17. The molecule has 0 fully saturated rings. The van der Waals surface area contributed by atoms with Crippen LogP contribution in [-0.4, -0.2) is 12.6 Å². The maximum atomic E-state index is 12.5. The lowest BCUT2D eigenvalue weighted by Gasteiger charge is -2.13. The van der Waals surface area contributed by atoms with Crippen molar-refractivity contribution in [1.29, 1.82) is 0 Å². The van der Waals surface area contributed by atoms with Crippen LogP contribution in [0, 0.1) is 0 Å². The maximum Gasteiger partial charge on any atom is 0.416 e. The van der Waals surface area contributed by atoms with E-state index in [0.29, 0.717) is 6.54 Å². The summed E-state index contributed by atoms with van der Waals surface area (Å²) in [4.78, 5) is 11.4. The van der Waals surface area contributed by atoms with E-state index < -0.39 is 17.8 Å². The zero-order chi connectivity index (χ0) is 14.5. The van der Waals surface area contributed by atoms with Crippen LogP contribution in [0.2, 0.25) is 0 Å². The minimum absolute atomic E-state index is 0.0900. The molecule has 4 nitrogen and oxygen atoms in total. The SMILES string of the molecule is CCCNC(=O)Nc1ccc(C(F)(F)F)cc1CN. The molecule has 0 aliphatic heterocycles. The third-order valence-corrected chi connectivity index (χ3v) is 2.44. The van der Waals surface area contributed by atoms with Crippen LogP contribution in [0.15, 0.2) is 18.2 Å². The minimum atomic E-state index is -4.42. The molecule has 1 aromatic carbocycles. The highest BCUT2D eigenvalue weighted by Gasteiger charge is 2.30. The lowest BCUT2D eigenvalue weighted by atomic mass is 10.1. The van der Waals surface area contributed by atoms with Crippen molar-refractivity contribution in [1.82, 2.24) is 5.32 Å². The number of anilines is 1. The van der Waals surface area contributed by atoms with Crippen molar-refractivity contribution < 1.29 is 18.0 Å². The largest absolute Gasteiger partial charge is 0.416 e. The van der Waals surface area contributed by atoms with Gasteiger partial charge in [-0.05, 0) is 30.2 Å². The van der Waals surface area contributed by atoms with Gasteiger partial charge in [-0.3, -0.25) is 0 Å². The van der Waals surface area contributed by atoms with E-state index in [1.54, 1.807) is 0 Å². The smallest absolute Gasteiger partial charge is 0.338 e. The van der Waals surface area contributed by atoms with Crippen LogP contribution in [0.25, 0.3) is 0 Å². The Labute approximate surface area is 109 Å². The first kappa shape index (κ1) is 15.3. The van der Waals surface area contributed by atoms with Crippen molar-refractivity contribution in [2.45, 2.75) is 26.1 Å². The molecule has 0 bridgehead atoms. The van der Waals surface area contributed by atoms with Crippen LogP contribution in [-0.2, 0) is 12.7 Å². The molecule has 2 amide bonds. The van der Waals surface area contributed by atoms with Gasteiger partial charge in [0.05, 0.1) is 5.56 Å². The van der Waals surface area contributed by atoms with Gasteiger partial charge in [0.2, 0.25) is 0 Å². The highest BCUT2D eigenvalue weighted by Crippen LogP contribution is 2.31. The maximum absolute atomic E-state index is 12.5. The van der Waals surface area contributed by atoms with Gasteiger partial charge >= 0.3 is 12.2 Å². The lowest BCUT2D eigenvalue weighted by molar-refractivity contribution is -0.137. The van der Waals surface area contributed by atoms with E-state index in [2.05, 4.69) is 10.6 Å². The van der Waals surface area contributed by atoms with Crippen molar-refractivity contribution in [3.8, 4) is 0 Å². The Bertz CT molecular complexity index is 446. The third kappa shape index (κ3) is 4.44. The molecule has 106 valence electrons. The van der Waals surface area contributed by atoms with Crippen LogP contribution in [0.5, 0.6) is 0 Å². The van der Waals surface area contributed by atoms with Crippen molar-refractivity contribution in [3.63, 3.8) is 0 Å². The second kappa shape index (κ2) is 6.42. The van der Waals surface area contributed by atoms with Gasteiger partial charge in [-0.1, -0.05) is 6.92 Å². The quantitative estimate of drug-likeness (QED) is 0.791. The second-order valence-corrected chi connectivity index (χ2v) is 3.95. The Morgan fingerprint density at radius 2 is 2.05 bits per heavy atom. The Morgan fingerprint density at radius 3 is 2.58 bits per heavy atom. The Morgan fingerprint density at radius 1 is 1.37 bits per heavy atom. The number of hydrogen-bond donors (Lipinski definition) is 3. The molecule has 0 saturated carbocycles. The van der Waals surface area contributed by atoms with E-state index in [0.717, 1.165) is 18.6 Å².